The van der Waals surface area contributed by atoms with Gasteiger partial charge in [0.2, 0.25) is 0 Å². The zero-order valence-corrected chi connectivity index (χ0v) is 21.6. The number of hydrogen-bond acceptors (Lipinski definition) is 4. The molecule has 0 spiro atoms. The summed E-state index contributed by atoms with van der Waals surface area (Å²) < 4.78 is 24.3. The highest BCUT2D eigenvalue weighted by Gasteiger charge is 2.14. The highest BCUT2D eigenvalue weighted by atomic mass is 127. The first-order valence-electron chi connectivity index (χ1n) is 7.00. The van der Waals surface area contributed by atoms with Crippen LogP contribution in [0.1, 0.15) is 14.9 Å². The smallest absolute Gasteiger partial charge is 0.332 e. The summed E-state index contributed by atoms with van der Waals surface area (Å²) in [7, 11) is -3.11. The van der Waals surface area contributed by atoms with Crippen LogP contribution < -0.4 is 16.8 Å². The van der Waals surface area contributed by atoms with E-state index in [1.54, 1.807) is 32.7 Å². The Kier molecular flexibility index (Phi) is 17.6. The number of rotatable bonds is 1. The van der Waals surface area contributed by atoms with Gasteiger partial charge in [0.25, 0.3) is 0 Å². The number of halogens is 3. The van der Waals surface area contributed by atoms with Crippen LogP contribution in [-0.2, 0) is 9.13 Å². The Hall–Kier alpha value is 0.0600. The molecule has 0 aliphatic heterocycles. The van der Waals surface area contributed by atoms with E-state index in [4.69, 9.17) is 11.5 Å². The largest absolute Gasteiger partial charge is 0.398 e. The minimum absolute atomic E-state index is 0. The van der Waals surface area contributed by atoms with Gasteiger partial charge in [-0.2, -0.15) is 0 Å². The van der Waals surface area contributed by atoms with Crippen LogP contribution in [0, 0.1) is 3.57 Å². The van der Waals surface area contributed by atoms with Crippen molar-refractivity contribution in [3.05, 3.63) is 48.9 Å². The monoisotopic (exact) mass is 653 g/mol. The zero-order valence-electron chi connectivity index (χ0n) is 14.5. The van der Waals surface area contributed by atoms with Gasteiger partial charge in [0.1, 0.15) is 20.5 Å². The molecule has 0 saturated heterocycles. The van der Waals surface area contributed by atoms with Gasteiger partial charge in [-0.15, -0.1) is 0 Å². The van der Waals surface area contributed by atoms with Crippen molar-refractivity contribution < 1.29 is 9.13 Å². The first-order valence-corrected chi connectivity index (χ1v) is 14.4. The minimum Gasteiger partial charge on any atom is -0.398 e. The van der Waals surface area contributed by atoms with E-state index in [9.17, 15) is 9.13 Å². The average Bonchev–Trinajstić information content (AvgIpc) is 2.45. The third-order valence-electron chi connectivity index (χ3n) is 2.54. The van der Waals surface area contributed by atoms with E-state index in [-0.39, 0.29) is 14.9 Å². The first-order chi connectivity index (χ1) is 11.3. The lowest BCUT2D eigenvalue weighted by Crippen LogP contribution is -2.09. The fraction of sp³-hybridized carbons (Fsp3) is 0.333. The summed E-state index contributed by atoms with van der Waals surface area (Å²) >= 11 is 8.84. The second kappa shape index (κ2) is 15.0. The summed E-state index contributed by atoms with van der Waals surface area (Å²) in [6.07, 6.45) is 0. The van der Waals surface area contributed by atoms with Crippen LogP contribution in [0.3, 0.4) is 0 Å². The number of benzene rings is 2. The highest BCUT2D eigenvalue weighted by molar-refractivity contribution is 14.1. The Bertz CT molecular complexity index is 780. The van der Waals surface area contributed by atoms with Crippen LogP contribution in [-0.4, -0.2) is 26.7 Å². The van der Waals surface area contributed by atoms with Crippen molar-refractivity contribution in [3.8, 4) is 0 Å². The lowest BCUT2D eigenvalue weighted by Gasteiger charge is -2.10. The summed E-state index contributed by atoms with van der Waals surface area (Å²) in [6.45, 7) is 6.78. The predicted octanol–water partition coefficient (Wildman–Crippen LogP) is 7.26. The Labute approximate surface area is 195 Å². The van der Waals surface area contributed by atoms with Gasteiger partial charge in [-0.05, 0) is 72.3 Å². The van der Waals surface area contributed by atoms with Crippen LogP contribution >= 0.6 is 69.4 Å². The second-order valence-corrected chi connectivity index (χ2v) is 13.3. The molecule has 0 aromatic heterocycles. The molecule has 2 aromatic carbocycles. The Balaban J connectivity index is -0.000000343. The van der Waals surface area contributed by atoms with Gasteiger partial charge in [-0.25, -0.2) is 0 Å². The molecule has 0 atom stereocenters. The molecule has 0 fully saturated rings. The highest BCUT2D eigenvalue weighted by Crippen LogP contribution is 2.37. The van der Waals surface area contributed by atoms with E-state index >= 15 is 0 Å². The molecule has 4 N–H and O–H groups in total. The molecule has 0 radical (unpaired) electrons. The number of anilines is 2. The van der Waals surface area contributed by atoms with Crippen molar-refractivity contribution in [2.75, 3.05) is 38.1 Å². The van der Waals surface area contributed by atoms with Crippen molar-refractivity contribution in [2.24, 2.45) is 0 Å². The van der Waals surface area contributed by atoms with Gasteiger partial charge in [-0.1, -0.05) is 51.3 Å². The van der Waals surface area contributed by atoms with Crippen LogP contribution in [0.25, 0.3) is 0 Å². The van der Waals surface area contributed by atoms with Gasteiger partial charge >= 0.3 is 7.80 Å². The zero-order chi connectivity index (χ0) is 19.8. The maximum absolute atomic E-state index is 11.7. The molecule has 2 rings (SSSR count). The summed E-state index contributed by atoms with van der Waals surface area (Å²) in [6, 6.07) is 11.2. The second-order valence-electron chi connectivity index (χ2n) is 5.53. The van der Waals surface area contributed by atoms with Crippen LogP contribution in [0.2, 0.25) is 0 Å². The molecule has 0 heterocycles. The summed E-state index contributed by atoms with van der Waals surface area (Å²) in [5.41, 5.74) is 12.7. The Morgan fingerprint density at radius 3 is 1.59 bits per heavy atom. The van der Waals surface area contributed by atoms with E-state index in [2.05, 4.69) is 54.5 Å². The summed E-state index contributed by atoms with van der Waals surface area (Å²) in [5.74, 6) is 0. The van der Waals surface area contributed by atoms with E-state index in [1.807, 2.05) is 30.3 Å². The van der Waals surface area contributed by atoms with Crippen molar-refractivity contribution >= 4 is 86.1 Å². The Morgan fingerprint density at radius 1 is 0.926 bits per heavy atom. The fourth-order valence-electron chi connectivity index (χ4n) is 1.48. The topological polar surface area (TPSA) is 86.2 Å². The third-order valence-corrected chi connectivity index (χ3v) is 6.00. The molecule has 2 aromatic rings. The number of hydrogen-bond donors (Lipinski definition) is 2. The SMILES string of the molecule is C.C.CP(C)(=O)c1cc(Br)ccc1N.C[P+](C)=O.Nc1ccc(Br)cc1I. The van der Waals surface area contributed by atoms with E-state index in [1.165, 1.54) is 0 Å². The molecular formula is C18H30Br2IN2O2P2+. The van der Waals surface area contributed by atoms with E-state index in [0.717, 1.165) is 23.5 Å². The fourth-order valence-corrected chi connectivity index (χ4v) is 4.47. The van der Waals surface area contributed by atoms with E-state index in [0.29, 0.717) is 5.69 Å². The normalized spacial score (nSPS) is 9.30. The van der Waals surface area contributed by atoms with Gasteiger partial charge in [-0.3, -0.25) is 0 Å². The van der Waals surface area contributed by atoms with Gasteiger partial charge < -0.3 is 16.0 Å². The molecule has 0 aliphatic carbocycles. The summed E-state index contributed by atoms with van der Waals surface area (Å²) in [5, 5.41) is 0.747. The maximum atomic E-state index is 11.7. The molecule has 154 valence electrons. The molecule has 0 unspecified atom stereocenters. The maximum Gasteiger partial charge on any atom is 0.332 e. The Morgan fingerprint density at radius 2 is 1.30 bits per heavy atom. The predicted molar refractivity (Wildman–Crippen MR) is 142 cm³/mol. The van der Waals surface area contributed by atoms with E-state index < -0.39 is 14.9 Å². The van der Waals surface area contributed by atoms with Gasteiger partial charge in [0, 0.05) is 29.2 Å². The van der Waals surface area contributed by atoms with Crippen molar-refractivity contribution in [1.82, 2.24) is 0 Å². The minimum atomic E-state index is -2.24. The number of nitrogens with two attached hydrogens (primary N) is 2. The van der Waals surface area contributed by atoms with Crippen LogP contribution in [0.15, 0.2) is 45.3 Å². The molecule has 0 saturated carbocycles. The molecular weight excluding hydrogens is 625 g/mol. The van der Waals surface area contributed by atoms with Crippen LogP contribution in [0.4, 0.5) is 11.4 Å². The molecule has 27 heavy (non-hydrogen) atoms. The van der Waals surface area contributed by atoms with Crippen molar-refractivity contribution in [2.45, 2.75) is 14.9 Å². The molecule has 4 nitrogen and oxygen atoms in total. The molecule has 0 aliphatic rings. The van der Waals surface area contributed by atoms with Crippen LogP contribution in [0.5, 0.6) is 0 Å². The summed E-state index contributed by atoms with van der Waals surface area (Å²) in [4.78, 5) is 0. The molecule has 9 heteroatoms. The van der Waals surface area contributed by atoms with Gasteiger partial charge in [0.15, 0.2) is 0 Å². The average molecular weight is 655 g/mol. The standard InChI is InChI=1S/C8H11BrNOP.C6H5BrIN.C2H6OP.2CH4/c1-12(2,11)8-5-6(9)3-4-7(8)10;7-4-1-2-6(9)5(8)3-4;1-4(2)3;;/h3-5H,10H2,1-2H3;1-3H,9H2;1-2H3;2*1H4/q;;+1;;. The lowest BCUT2D eigenvalue weighted by molar-refractivity contribution is 0.588. The lowest BCUT2D eigenvalue weighted by atomic mass is 10.3. The number of nitrogen functional groups attached to an aromatic ring is 2. The molecule has 0 bridgehead atoms. The van der Waals surface area contributed by atoms with Crippen molar-refractivity contribution in [1.29, 1.82) is 0 Å². The quantitative estimate of drug-likeness (QED) is 0.193. The first kappa shape index (κ1) is 31.7. The van der Waals surface area contributed by atoms with Crippen molar-refractivity contribution in [3.63, 3.8) is 0 Å². The van der Waals surface area contributed by atoms with Gasteiger partial charge in [0.05, 0.1) is 0 Å². The third kappa shape index (κ3) is 14.7. The molecule has 0 amide bonds.